The van der Waals surface area contributed by atoms with Crippen molar-refractivity contribution in [2.24, 2.45) is 0 Å². The van der Waals surface area contributed by atoms with Gasteiger partial charge in [-0.2, -0.15) is 0 Å². The first-order valence-electron chi connectivity index (χ1n) is 34.4. The molecule has 478 valence electrons. The summed E-state index contributed by atoms with van der Waals surface area (Å²) in [5.74, 6) is -2.01. The van der Waals surface area contributed by atoms with Crippen LogP contribution in [0.3, 0.4) is 0 Å². The summed E-state index contributed by atoms with van der Waals surface area (Å²) in [5, 5.41) is 9.74. The fourth-order valence-corrected chi connectivity index (χ4v) is 9.58. The van der Waals surface area contributed by atoms with Crippen molar-refractivity contribution in [2.75, 3.05) is 47.5 Å². The third-order valence-electron chi connectivity index (χ3n) is 14.8. The molecule has 0 aromatic heterocycles. The van der Waals surface area contributed by atoms with Gasteiger partial charge in [0.05, 0.1) is 34.4 Å². The van der Waals surface area contributed by atoms with Crippen LogP contribution in [0.5, 0.6) is 0 Å². The highest BCUT2D eigenvalue weighted by molar-refractivity contribution is 5.71. The van der Waals surface area contributed by atoms with Crippen molar-refractivity contribution in [1.82, 2.24) is 0 Å². The van der Waals surface area contributed by atoms with Gasteiger partial charge in [0.25, 0.3) is 6.29 Å². The van der Waals surface area contributed by atoms with Crippen LogP contribution in [0.1, 0.15) is 296 Å². The van der Waals surface area contributed by atoms with Crippen molar-refractivity contribution in [3.63, 3.8) is 0 Å². The van der Waals surface area contributed by atoms with E-state index in [0.29, 0.717) is 23.9 Å². The van der Waals surface area contributed by atoms with Crippen LogP contribution < -0.4 is 0 Å². The normalized spacial score (nSPS) is 13.3. The highest BCUT2D eigenvalue weighted by Crippen LogP contribution is 2.17. The fraction of sp³-hybridized carbons (Fsp3) is 0.743. The lowest BCUT2D eigenvalue weighted by molar-refractivity contribution is -0.870. The van der Waals surface area contributed by atoms with Crippen molar-refractivity contribution < 1.29 is 42.9 Å². The van der Waals surface area contributed by atoms with Gasteiger partial charge in [0.15, 0.2) is 6.10 Å². The Balaban J connectivity index is 4.17. The number of nitrogens with zero attached hydrogens (tertiary/aromatic N) is 1. The van der Waals surface area contributed by atoms with E-state index in [1.54, 1.807) is 0 Å². The summed E-state index contributed by atoms with van der Waals surface area (Å²) in [6.45, 7) is 4.78. The first-order chi connectivity index (χ1) is 40.6. The van der Waals surface area contributed by atoms with Gasteiger partial charge in [-0.15, -0.1) is 0 Å². The van der Waals surface area contributed by atoms with E-state index in [4.69, 9.17) is 18.9 Å². The second-order valence-corrected chi connectivity index (χ2v) is 24.1. The Morgan fingerprint density at radius 3 is 1.04 bits per heavy atom. The molecule has 1 N–H and O–H groups in total. The molecule has 0 fully saturated rings. The number of likely N-dealkylation sites (N-methyl/N-ethyl adjacent to an activating group) is 1. The lowest BCUT2D eigenvalue weighted by atomic mass is 10.0. The molecule has 0 radical (unpaired) electrons. The molecule has 0 aliphatic carbocycles. The summed E-state index contributed by atoms with van der Waals surface area (Å²) in [7, 11) is 5.97. The average Bonchev–Trinajstić information content (AvgIpc) is 3.46. The van der Waals surface area contributed by atoms with Crippen LogP contribution in [-0.4, -0.2) is 87.4 Å². The summed E-state index contributed by atoms with van der Waals surface area (Å²) in [5.41, 5.74) is 0. The molecular formula is C74H130NO8+. The van der Waals surface area contributed by atoms with E-state index < -0.39 is 24.3 Å². The van der Waals surface area contributed by atoms with Gasteiger partial charge in [0, 0.05) is 12.8 Å². The van der Waals surface area contributed by atoms with Crippen LogP contribution in [0, 0.1) is 0 Å². The molecule has 2 atom stereocenters. The lowest BCUT2D eigenvalue weighted by Gasteiger charge is -2.25. The molecular weight excluding hydrogens is 1030 g/mol. The highest BCUT2D eigenvalue weighted by Gasteiger charge is 2.25. The molecule has 9 heteroatoms. The van der Waals surface area contributed by atoms with E-state index in [1.807, 2.05) is 21.1 Å². The zero-order chi connectivity index (χ0) is 60.5. The van der Waals surface area contributed by atoms with Gasteiger partial charge in [0.2, 0.25) is 0 Å². The van der Waals surface area contributed by atoms with Crippen molar-refractivity contribution >= 4 is 17.9 Å². The Bertz CT molecular complexity index is 1680. The predicted octanol–water partition coefficient (Wildman–Crippen LogP) is 21.2. The molecule has 0 aromatic carbocycles. The highest BCUT2D eigenvalue weighted by atomic mass is 16.7. The number of aliphatic carboxylic acids is 1. The third kappa shape index (κ3) is 65.6. The van der Waals surface area contributed by atoms with Crippen LogP contribution in [0.2, 0.25) is 0 Å². The Morgan fingerprint density at radius 2 is 0.687 bits per heavy atom. The number of hydrogen-bond donors (Lipinski definition) is 1. The summed E-state index contributed by atoms with van der Waals surface area (Å²) in [6, 6.07) is 0. The molecule has 0 aliphatic heterocycles. The van der Waals surface area contributed by atoms with E-state index in [9.17, 15) is 19.5 Å². The number of rotatable bonds is 63. The van der Waals surface area contributed by atoms with E-state index in [0.717, 1.165) is 89.9 Å². The number of carbonyl (C=O) groups is 3. The molecule has 0 aliphatic rings. The van der Waals surface area contributed by atoms with Crippen LogP contribution in [0.4, 0.5) is 0 Å². The molecule has 2 unspecified atom stereocenters. The molecule has 0 aromatic rings. The minimum absolute atomic E-state index is 0.183. The zero-order valence-corrected chi connectivity index (χ0v) is 54.6. The van der Waals surface area contributed by atoms with Crippen LogP contribution in [0.25, 0.3) is 0 Å². The summed E-state index contributed by atoms with van der Waals surface area (Å²) in [6.07, 6.45) is 85.1. The number of allylic oxidation sites excluding steroid dienone is 16. The molecule has 0 saturated heterocycles. The molecule has 0 saturated carbocycles. The minimum Gasteiger partial charge on any atom is -0.477 e. The first-order valence-corrected chi connectivity index (χ1v) is 34.4. The van der Waals surface area contributed by atoms with Crippen molar-refractivity contribution in [1.29, 1.82) is 0 Å². The van der Waals surface area contributed by atoms with Crippen LogP contribution >= 0.6 is 0 Å². The Morgan fingerprint density at radius 1 is 0.373 bits per heavy atom. The van der Waals surface area contributed by atoms with Crippen LogP contribution in [-0.2, 0) is 33.3 Å². The smallest absolute Gasteiger partial charge is 0.361 e. The van der Waals surface area contributed by atoms with Crippen LogP contribution in [0.15, 0.2) is 97.2 Å². The van der Waals surface area contributed by atoms with E-state index in [1.165, 1.54) is 173 Å². The molecule has 0 rings (SSSR count). The van der Waals surface area contributed by atoms with Gasteiger partial charge < -0.3 is 28.5 Å². The van der Waals surface area contributed by atoms with Gasteiger partial charge in [-0.25, -0.2) is 4.79 Å². The standard InChI is InChI=1S/C74H129NO8/c1-6-8-10-12-14-16-18-20-22-24-26-28-30-32-34-35-36-37-39-41-43-45-47-49-51-53-55-57-59-61-63-65-72(77)83-70(69-82-74(73(78)79)80-67-66-75(3,4)5)68-81-71(76)64-62-60-58-56-54-52-50-48-46-44-42-40-38-33-31-29-27-25-23-21-19-17-15-13-11-9-7-2/h8,10,14,16,20,22,25-28,32,34,36-37,41,43,70,74H,6-7,9,11-13,15,17-19,21,23-24,29-31,33,35,38-40,42,44-69H2,1-5H3/p+1/b10-8-,16-14-,22-20-,27-25-,28-26-,34-32-,37-36-,43-41-. The topological polar surface area (TPSA) is 108 Å². The van der Waals surface area contributed by atoms with Crippen molar-refractivity contribution in [2.45, 2.75) is 309 Å². The molecule has 83 heavy (non-hydrogen) atoms. The average molecular weight is 1160 g/mol. The summed E-state index contributed by atoms with van der Waals surface area (Å²) < 4.78 is 23.0. The molecule has 0 heterocycles. The van der Waals surface area contributed by atoms with Gasteiger partial charge in [-0.3, -0.25) is 9.59 Å². The fourth-order valence-electron chi connectivity index (χ4n) is 9.58. The van der Waals surface area contributed by atoms with Gasteiger partial charge in [0.1, 0.15) is 13.2 Å². The largest absolute Gasteiger partial charge is 0.477 e. The second-order valence-electron chi connectivity index (χ2n) is 24.1. The van der Waals surface area contributed by atoms with Gasteiger partial charge >= 0.3 is 17.9 Å². The van der Waals surface area contributed by atoms with Gasteiger partial charge in [-0.1, -0.05) is 284 Å². The zero-order valence-electron chi connectivity index (χ0n) is 54.6. The monoisotopic (exact) mass is 1160 g/mol. The van der Waals surface area contributed by atoms with Gasteiger partial charge in [-0.05, 0) is 96.3 Å². The SMILES string of the molecule is CC/C=C\C/C=C\C/C=C\C/C=C\C/C=C\C/C=C\C/C=C\CCCCCCCCCCCC(=O)OC(COC(=O)CCCCCCCCCCCCCCCCC/C=C\CCCCCCCCCC)COC(OCC[N+](C)(C)C)C(=O)O. The number of esters is 2. The second kappa shape index (κ2) is 64.2. The number of carbonyl (C=O) groups excluding carboxylic acids is 2. The van der Waals surface area contributed by atoms with Crippen molar-refractivity contribution in [3.8, 4) is 0 Å². The van der Waals surface area contributed by atoms with Crippen molar-refractivity contribution in [3.05, 3.63) is 97.2 Å². The number of unbranched alkanes of at least 4 members (excludes halogenated alkanes) is 32. The van der Waals surface area contributed by atoms with E-state index in [2.05, 4.69) is 111 Å². The predicted molar refractivity (Wildman–Crippen MR) is 355 cm³/mol. The Kier molecular flexibility index (Phi) is 61.3. The number of carboxylic acids is 1. The molecule has 9 nitrogen and oxygen atoms in total. The number of quaternary nitrogens is 1. The minimum atomic E-state index is -1.52. The number of ether oxygens (including phenoxy) is 4. The lowest BCUT2D eigenvalue weighted by Crippen LogP contribution is -2.40. The quantitative estimate of drug-likeness (QED) is 0.0211. The number of carboxylic acid groups (broad SMARTS) is 1. The summed E-state index contributed by atoms with van der Waals surface area (Å²) >= 11 is 0. The Hall–Kier alpha value is -3.79. The van der Waals surface area contributed by atoms with E-state index in [-0.39, 0.29) is 32.2 Å². The maximum Gasteiger partial charge on any atom is 0.361 e. The van der Waals surface area contributed by atoms with E-state index >= 15 is 0 Å². The summed E-state index contributed by atoms with van der Waals surface area (Å²) in [4.78, 5) is 37.6. The maximum absolute atomic E-state index is 12.9. The maximum atomic E-state index is 12.9. The third-order valence-corrected chi connectivity index (χ3v) is 14.8. The Labute approximate surface area is 512 Å². The molecule has 0 spiro atoms. The molecule has 0 amide bonds. The first kappa shape index (κ1) is 79.2. The molecule has 0 bridgehead atoms. The number of hydrogen-bond acceptors (Lipinski definition) is 7.